The number of hydrazine groups is 1. The van der Waals surface area contributed by atoms with Gasteiger partial charge in [0.05, 0.1) is 10.5 Å². The summed E-state index contributed by atoms with van der Waals surface area (Å²) >= 11 is 0. The van der Waals surface area contributed by atoms with Gasteiger partial charge in [-0.2, -0.15) is 4.98 Å². The Morgan fingerprint density at radius 3 is 2.55 bits per heavy atom. The highest BCUT2D eigenvalue weighted by atomic mass is 32.2. The number of benzene rings is 1. The summed E-state index contributed by atoms with van der Waals surface area (Å²) < 4.78 is 26.8. The number of aromatic nitrogens is 2. The van der Waals surface area contributed by atoms with E-state index in [4.69, 9.17) is 4.52 Å². The summed E-state index contributed by atoms with van der Waals surface area (Å²) in [7, 11) is -2.58. The van der Waals surface area contributed by atoms with E-state index in [9.17, 15) is 8.42 Å². The maximum absolute atomic E-state index is 10.8. The Balaban J connectivity index is 1.90. The minimum atomic E-state index is -2.58. The Morgan fingerprint density at radius 1 is 1.10 bits per heavy atom. The first-order valence-corrected chi connectivity index (χ1v) is 6.88. The van der Waals surface area contributed by atoms with Gasteiger partial charge >= 0.3 is 0 Å². The summed E-state index contributed by atoms with van der Waals surface area (Å²) in [5, 5.41) is 3.88. The second-order valence-corrected chi connectivity index (χ2v) is 4.98. The molecule has 1 aliphatic heterocycles. The molecule has 8 heteroatoms. The maximum Gasteiger partial charge on any atom is 0.259 e. The second kappa shape index (κ2) is 5.17. The highest BCUT2D eigenvalue weighted by Gasteiger charge is 2.12. The third-order valence-corrected chi connectivity index (χ3v) is 3.39. The molecule has 1 aromatic carbocycles. The molecule has 102 valence electrons. The van der Waals surface area contributed by atoms with E-state index in [1.165, 1.54) is 12.1 Å². The highest BCUT2D eigenvalue weighted by Crippen LogP contribution is 2.20. The van der Waals surface area contributed by atoms with Gasteiger partial charge in [0.1, 0.15) is 0 Å². The van der Waals surface area contributed by atoms with Crippen molar-refractivity contribution in [3.05, 3.63) is 48.6 Å². The first-order valence-electron chi connectivity index (χ1n) is 5.71. The minimum Gasteiger partial charge on any atom is -0.334 e. The van der Waals surface area contributed by atoms with E-state index in [1.54, 1.807) is 30.6 Å². The molecule has 2 heterocycles. The number of allylic oxidation sites excluding steroid dienone is 2. The van der Waals surface area contributed by atoms with E-state index in [0.717, 1.165) is 5.57 Å². The molecule has 20 heavy (non-hydrogen) atoms. The fraction of sp³-hybridized carbons (Fsp3) is 0. The molecule has 0 aliphatic carbocycles. The van der Waals surface area contributed by atoms with Crippen LogP contribution in [0.5, 0.6) is 0 Å². The van der Waals surface area contributed by atoms with Crippen LogP contribution >= 0.6 is 0 Å². The predicted molar refractivity (Wildman–Crippen MR) is 71.7 cm³/mol. The summed E-state index contributed by atoms with van der Waals surface area (Å²) in [6, 6.07) is 6.28. The number of hydrogen-bond donors (Lipinski definition) is 3. The van der Waals surface area contributed by atoms with Crippen LogP contribution in [0.3, 0.4) is 0 Å². The monoisotopic (exact) mass is 290 g/mol. The molecule has 0 fully saturated rings. The average Bonchev–Trinajstić information content (AvgIpc) is 2.98. The standard InChI is InChI=1S/C12H10N4O3S/c17-20(18)10-3-1-8(2-4-10)11-15-12(19-16-11)9-5-6-13-14-7-9/h1-7,13-14,20H. The molecule has 2 aromatic rings. The Kier molecular flexibility index (Phi) is 3.21. The molecule has 0 saturated heterocycles. The van der Waals surface area contributed by atoms with Crippen molar-refractivity contribution in [2.24, 2.45) is 0 Å². The van der Waals surface area contributed by atoms with E-state index in [-0.39, 0.29) is 4.90 Å². The number of thiol groups is 1. The zero-order valence-corrected chi connectivity index (χ0v) is 11.0. The van der Waals surface area contributed by atoms with E-state index in [1.807, 2.05) is 0 Å². The van der Waals surface area contributed by atoms with Crippen LogP contribution in [0.2, 0.25) is 0 Å². The lowest BCUT2D eigenvalue weighted by atomic mass is 10.2. The van der Waals surface area contributed by atoms with Crippen LogP contribution < -0.4 is 10.9 Å². The van der Waals surface area contributed by atoms with Gasteiger partial charge in [0.25, 0.3) is 5.89 Å². The molecule has 0 radical (unpaired) electrons. The highest BCUT2D eigenvalue weighted by molar-refractivity contribution is 7.72. The fourth-order valence-electron chi connectivity index (χ4n) is 1.67. The number of hydrogen-bond acceptors (Lipinski definition) is 7. The first-order chi connectivity index (χ1) is 9.74. The zero-order valence-electron chi connectivity index (χ0n) is 10.1. The molecular formula is C12H10N4O3S. The van der Waals surface area contributed by atoms with Crippen molar-refractivity contribution in [3.8, 4) is 11.4 Å². The van der Waals surface area contributed by atoms with Crippen LogP contribution in [-0.4, -0.2) is 18.6 Å². The molecule has 0 saturated carbocycles. The van der Waals surface area contributed by atoms with Gasteiger partial charge in [0, 0.05) is 18.0 Å². The Hall–Kier alpha value is -2.61. The van der Waals surface area contributed by atoms with Crippen molar-refractivity contribution in [1.29, 1.82) is 0 Å². The van der Waals surface area contributed by atoms with Crippen molar-refractivity contribution in [1.82, 2.24) is 21.0 Å². The number of rotatable bonds is 3. The predicted octanol–water partition coefficient (Wildman–Crippen LogP) is 0.669. The van der Waals surface area contributed by atoms with Gasteiger partial charge in [-0.25, -0.2) is 8.42 Å². The van der Waals surface area contributed by atoms with Crippen LogP contribution in [0.25, 0.3) is 17.0 Å². The lowest BCUT2D eigenvalue weighted by Crippen LogP contribution is -2.23. The molecule has 0 amide bonds. The molecule has 2 N–H and O–H groups in total. The molecule has 0 bridgehead atoms. The van der Waals surface area contributed by atoms with E-state index in [2.05, 4.69) is 21.0 Å². The topological polar surface area (TPSA) is 97.1 Å². The number of nitrogens with zero attached hydrogens (tertiary/aromatic N) is 2. The van der Waals surface area contributed by atoms with E-state index < -0.39 is 10.7 Å². The molecular weight excluding hydrogens is 280 g/mol. The molecule has 7 nitrogen and oxygen atoms in total. The SMILES string of the molecule is O=[SH](=O)c1ccc(-c2noc(C3=CNNC=C3)n2)cc1. The van der Waals surface area contributed by atoms with Gasteiger partial charge < -0.3 is 15.4 Å². The summed E-state index contributed by atoms with van der Waals surface area (Å²) in [5.74, 6) is 0.782. The second-order valence-electron chi connectivity index (χ2n) is 3.95. The molecule has 0 unspecified atom stereocenters. The van der Waals surface area contributed by atoms with Crippen LogP contribution in [-0.2, 0) is 10.7 Å². The largest absolute Gasteiger partial charge is 0.334 e. The van der Waals surface area contributed by atoms with Gasteiger partial charge in [0.15, 0.2) is 10.7 Å². The molecule has 0 atom stereocenters. The van der Waals surface area contributed by atoms with Gasteiger partial charge in [-0.3, -0.25) is 0 Å². The smallest absolute Gasteiger partial charge is 0.259 e. The maximum atomic E-state index is 10.8. The van der Waals surface area contributed by atoms with E-state index in [0.29, 0.717) is 17.3 Å². The molecule has 1 aromatic heterocycles. The zero-order chi connectivity index (χ0) is 13.9. The molecule has 0 spiro atoms. The van der Waals surface area contributed by atoms with Crippen molar-refractivity contribution in [2.45, 2.75) is 4.90 Å². The van der Waals surface area contributed by atoms with E-state index >= 15 is 0 Å². The summed E-state index contributed by atoms with van der Waals surface area (Å²) in [6.45, 7) is 0. The third kappa shape index (κ3) is 2.41. The van der Waals surface area contributed by atoms with Crippen molar-refractivity contribution < 1.29 is 12.9 Å². The summed E-state index contributed by atoms with van der Waals surface area (Å²) in [6.07, 6.45) is 5.19. The Morgan fingerprint density at radius 2 is 1.90 bits per heavy atom. The third-order valence-electron chi connectivity index (χ3n) is 2.67. The molecule has 1 aliphatic rings. The van der Waals surface area contributed by atoms with Gasteiger partial charge in [-0.15, -0.1) is 0 Å². The quantitative estimate of drug-likeness (QED) is 0.715. The molecule has 3 rings (SSSR count). The Labute approximate surface area is 115 Å². The number of nitrogens with one attached hydrogen (secondary N) is 2. The van der Waals surface area contributed by atoms with Crippen LogP contribution in [0.4, 0.5) is 0 Å². The van der Waals surface area contributed by atoms with Crippen LogP contribution in [0.15, 0.2) is 52.2 Å². The first kappa shape index (κ1) is 12.4. The lowest BCUT2D eigenvalue weighted by Gasteiger charge is -2.05. The fourth-order valence-corrected chi connectivity index (χ4v) is 2.06. The van der Waals surface area contributed by atoms with Gasteiger partial charge in [-0.05, 0) is 30.3 Å². The normalized spacial score (nSPS) is 13.8. The summed E-state index contributed by atoms with van der Waals surface area (Å²) in [4.78, 5) is 4.51. The van der Waals surface area contributed by atoms with Crippen LogP contribution in [0.1, 0.15) is 5.89 Å². The lowest BCUT2D eigenvalue weighted by molar-refractivity contribution is 0.408. The van der Waals surface area contributed by atoms with Crippen molar-refractivity contribution in [2.75, 3.05) is 0 Å². The van der Waals surface area contributed by atoms with Crippen molar-refractivity contribution >= 4 is 16.3 Å². The average molecular weight is 290 g/mol. The van der Waals surface area contributed by atoms with Gasteiger partial charge in [-0.1, -0.05) is 5.16 Å². The summed E-state index contributed by atoms with van der Waals surface area (Å²) in [5.41, 5.74) is 7.03. The van der Waals surface area contributed by atoms with Crippen molar-refractivity contribution in [3.63, 3.8) is 0 Å². The van der Waals surface area contributed by atoms with Gasteiger partial charge in [0.2, 0.25) is 5.82 Å². The minimum absolute atomic E-state index is 0.251. The van der Waals surface area contributed by atoms with Crippen LogP contribution in [0, 0.1) is 0 Å². The Bertz CT molecular complexity index is 751.